The molecule has 0 aliphatic heterocycles. The van der Waals surface area contributed by atoms with Crippen molar-refractivity contribution in [1.82, 2.24) is 4.98 Å². The lowest BCUT2D eigenvalue weighted by molar-refractivity contribution is 0.0519. The van der Waals surface area contributed by atoms with Gasteiger partial charge >= 0.3 is 5.97 Å². The summed E-state index contributed by atoms with van der Waals surface area (Å²) >= 11 is 2.23. The molecule has 0 atom stereocenters. The van der Waals surface area contributed by atoms with E-state index in [1.54, 1.807) is 0 Å². The zero-order valence-corrected chi connectivity index (χ0v) is 11.5. The molecule has 1 N–H and O–H groups in total. The standard InChI is InChI=1S/C11H16INO2/c1-4-7-8(5-2)10(12)13-9(7)11(14)15-6-3/h13H,4-6H2,1-3H3. The fourth-order valence-electron chi connectivity index (χ4n) is 1.68. The number of hydrogen-bond acceptors (Lipinski definition) is 2. The second-order valence-electron chi connectivity index (χ2n) is 3.20. The van der Waals surface area contributed by atoms with Crippen molar-refractivity contribution in [3.8, 4) is 0 Å². The molecule has 0 fully saturated rings. The Kier molecular flexibility index (Phi) is 4.63. The maximum atomic E-state index is 11.6. The van der Waals surface area contributed by atoms with Gasteiger partial charge in [0.15, 0.2) is 0 Å². The number of carbonyl (C=O) groups is 1. The van der Waals surface area contributed by atoms with Gasteiger partial charge in [0.25, 0.3) is 0 Å². The van der Waals surface area contributed by atoms with E-state index in [0.717, 1.165) is 22.1 Å². The van der Waals surface area contributed by atoms with Gasteiger partial charge in [0, 0.05) is 0 Å². The summed E-state index contributed by atoms with van der Waals surface area (Å²) in [6.07, 6.45) is 1.80. The molecule has 0 unspecified atom stereocenters. The van der Waals surface area contributed by atoms with Gasteiger partial charge in [-0.1, -0.05) is 13.8 Å². The van der Waals surface area contributed by atoms with Crippen LogP contribution in [0.25, 0.3) is 0 Å². The van der Waals surface area contributed by atoms with E-state index in [1.807, 2.05) is 6.92 Å². The third-order valence-electron chi connectivity index (χ3n) is 2.35. The number of halogens is 1. The zero-order chi connectivity index (χ0) is 11.4. The van der Waals surface area contributed by atoms with Gasteiger partial charge < -0.3 is 9.72 Å². The number of rotatable bonds is 4. The van der Waals surface area contributed by atoms with E-state index in [1.165, 1.54) is 5.56 Å². The smallest absolute Gasteiger partial charge is 0.355 e. The van der Waals surface area contributed by atoms with E-state index in [2.05, 4.69) is 41.4 Å². The molecular formula is C11H16INO2. The van der Waals surface area contributed by atoms with Crippen LogP contribution < -0.4 is 0 Å². The molecule has 0 amide bonds. The lowest BCUT2D eigenvalue weighted by atomic mass is 10.1. The van der Waals surface area contributed by atoms with Gasteiger partial charge in [0.1, 0.15) is 5.69 Å². The van der Waals surface area contributed by atoms with E-state index >= 15 is 0 Å². The number of aromatic amines is 1. The molecule has 0 aliphatic carbocycles. The molecule has 0 aromatic carbocycles. The van der Waals surface area contributed by atoms with Crippen LogP contribution in [0.1, 0.15) is 42.4 Å². The second kappa shape index (κ2) is 5.53. The van der Waals surface area contributed by atoms with Gasteiger partial charge in [-0.05, 0) is 53.5 Å². The summed E-state index contributed by atoms with van der Waals surface area (Å²) in [5.74, 6) is -0.244. The molecule has 1 rings (SSSR count). The van der Waals surface area contributed by atoms with Crippen molar-refractivity contribution < 1.29 is 9.53 Å². The summed E-state index contributed by atoms with van der Waals surface area (Å²) < 4.78 is 6.06. The molecule has 84 valence electrons. The Balaban J connectivity index is 3.12. The van der Waals surface area contributed by atoms with Crippen molar-refractivity contribution in [2.45, 2.75) is 33.6 Å². The van der Waals surface area contributed by atoms with E-state index in [0.29, 0.717) is 12.3 Å². The number of H-pyrrole nitrogens is 1. The Morgan fingerprint density at radius 1 is 1.27 bits per heavy atom. The first-order valence-corrected chi connectivity index (χ1v) is 6.29. The molecule has 15 heavy (non-hydrogen) atoms. The number of hydrogen-bond donors (Lipinski definition) is 1. The van der Waals surface area contributed by atoms with Gasteiger partial charge in [0.05, 0.1) is 10.3 Å². The first-order chi connectivity index (χ1) is 7.15. The average molecular weight is 321 g/mol. The Morgan fingerprint density at radius 2 is 1.87 bits per heavy atom. The van der Waals surface area contributed by atoms with Crippen LogP contribution in [0.3, 0.4) is 0 Å². The van der Waals surface area contributed by atoms with E-state index in [4.69, 9.17) is 4.74 Å². The van der Waals surface area contributed by atoms with Crippen molar-refractivity contribution >= 4 is 28.6 Å². The predicted molar refractivity (Wildman–Crippen MR) is 68.2 cm³/mol. The zero-order valence-electron chi connectivity index (χ0n) is 9.32. The summed E-state index contributed by atoms with van der Waals surface area (Å²) in [5, 5.41) is 0. The number of aromatic nitrogens is 1. The molecule has 0 saturated heterocycles. The van der Waals surface area contributed by atoms with Crippen molar-refractivity contribution in [1.29, 1.82) is 0 Å². The van der Waals surface area contributed by atoms with Crippen LogP contribution in [0.5, 0.6) is 0 Å². The van der Waals surface area contributed by atoms with Crippen molar-refractivity contribution in [2.24, 2.45) is 0 Å². The van der Waals surface area contributed by atoms with Crippen molar-refractivity contribution in [3.05, 3.63) is 20.5 Å². The highest BCUT2D eigenvalue weighted by atomic mass is 127. The lowest BCUT2D eigenvalue weighted by Crippen LogP contribution is -2.07. The Morgan fingerprint density at radius 3 is 2.33 bits per heavy atom. The SMILES string of the molecule is CCOC(=O)c1[nH]c(I)c(CC)c1CC. The van der Waals surface area contributed by atoms with Gasteiger partial charge in [-0.3, -0.25) is 0 Å². The highest BCUT2D eigenvalue weighted by Gasteiger charge is 2.19. The lowest BCUT2D eigenvalue weighted by Gasteiger charge is -2.03. The molecule has 0 aliphatic rings. The molecule has 0 radical (unpaired) electrons. The minimum absolute atomic E-state index is 0.244. The largest absolute Gasteiger partial charge is 0.461 e. The minimum atomic E-state index is -0.244. The molecule has 0 saturated carbocycles. The summed E-state index contributed by atoms with van der Waals surface area (Å²) in [6.45, 7) is 6.39. The molecule has 4 heteroatoms. The van der Waals surface area contributed by atoms with Gasteiger partial charge in [-0.2, -0.15) is 0 Å². The Labute approximate surface area is 104 Å². The van der Waals surface area contributed by atoms with Gasteiger partial charge in [-0.15, -0.1) is 0 Å². The summed E-state index contributed by atoms with van der Waals surface area (Å²) in [5.41, 5.74) is 2.96. The van der Waals surface area contributed by atoms with Crippen LogP contribution in [0.15, 0.2) is 0 Å². The first kappa shape index (κ1) is 12.5. The normalized spacial score (nSPS) is 10.4. The number of nitrogens with one attached hydrogen (secondary N) is 1. The number of carbonyl (C=O) groups excluding carboxylic acids is 1. The quantitative estimate of drug-likeness (QED) is 0.684. The van der Waals surface area contributed by atoms with Crippen molar-refractivity contribution in [2.75, 3.05) is 6.61 Å². The third-order valence-corrected chi connectivity index (χ3v) is 3.27. The highest BCUT2D eigenvalue weighted by molar-refractivity contribution is 14.1. The molecule has 1 heterocycles. The topological polar surface area (TPSA) is 42.1 Å². The summed E-state index contributed by atoms with van der Waals surface area (Å²) in [7, 11) is 0. The summed E-state index contributed by atoms with van der Waals surface area (Å²) in [6, 6.07) is 0. The molecule has 0 bridgehead atoms. The molecule has 1 aromatic heterocycles. The monoisotopic (exact) mass is 321 g/mol. The maximum absolute atomic E-state index is 11.6. The van der Waals surface area contributed by atoms with E-state index in [-0.39, 0.29) is 5.97 Å². The minimum Gasteiger partial charge on any atom is -0.461 e. The van der Waals surface area contributed by atoms with E-state index < -0.39 is 0 Å². The predicted octanol–water partition coefficient (Wildman–Crippen LogP) is 2.92. The van der Waals surface area contributed by atoms with Crippen LogP contribution in [0.2, 0.25) is 0 Å². The fraction of sp³-hybridized carbons (Fsp3) is 0.545. The highest BCUT2D eigenvalue weighted by Crippen LogP contribution is 2.22. The van der Waals surface area contributed by atoms with Crippen LogP contribution in [-0.2, 0) is 17.6 Å². The molecular weight excluding hydrogens is 305 g/mol. The van der Waals surface area contributed by atoms with Crippen LogP contribution >= 0.6 is 22.6 Å². The van der Waals surface area contributed by atoms with Gasteiger partial charge in [-0.25, -0.2) is 4.79 Å². The van der Waals surface area contributed by atoms with Gasteiger partial charge in [0.2, 0.25) is 0 Å². The number of esters is 1. The Hall–Kier alpha value is -0.520. The summed E-state index contributed by atoms with van der Waals surface area (Å²) in [4.78, 5) is 14.8. The first-order valence-electron chi connectivity index (χ1n) is 5.21. The average Bonchev–Trinajstić information content (AvgIpc) is 2.54. The molecule has 1 aromatic rings. The third kappa shape index (κ3) is 2.53. The second-order valence-corrected chi connectivity index (χ2v) is 4.28. The Bertz CT molecular complexity index is 358. The van der Waals surface area contributed by atoms with Crippen LogP contribution in [0.4, 0.5) is 0 Å². The molecule has 3 nitrogen and oxygen atoms in total. The van der Waals surface area contributed by atoms with Crippen LogP contribution in [-0.4, -0.2) is 17.6 Å². The van der Waals surface area contributed by atoms with E-state index in [9.17, 15) is 4.79 Å². The van der Waals surface area contributed by atoms with Crippen LogP contribution in [0, 0.1) is 3.70 Å². The maximum Gasteiger partial charge on any atom is 0.355 e. The fourth-order valence-corrected chi connectivity index (χ4v) is 2.66. The van der Waals surface area contributed by atoms with Crippen molar-refractivity contribution in [3.63, 3.8) is 0 Å². The number of ether oxygens (including phenoxy) is 1. The molecule has 0 spiro atoms.